The summed E-state index contributed by atoms with van der Waals surface area (Å²) in [6.07, 6.45) is -3.48. The summed E-state index contributed by atoms with van der Waals surface area (Å²) in [6.45, 7) is 3.54. The molecule has 0 spiro atoms. The minimum Gasteiger partial charge on any atom is -0.463 e. The Balaban J connectivity index is 2.84. The van der Waals surface area contributed by atoms with Crippen molar-refractivity contribution in [3.8, 4) is 0 Å². The third kappa shape index (κ3) is 4.46. The van der Waals surface area contributed by atoms with Crippen molar-refractivity contribution in [2.45, 2.75) is 45.4 Å². The zero-order valence-electron chi connectivity index (χ0n) is 11.8. The van der Waals surface area contributed by atoms with Gasteiger partial charge in [0.1, 0.15) is 12.7 Å². The highest BCUT2D eigenvalue weighted by molar-refractivity contribution is 5.67. The number of hydrogen-bond donors (Lipinski definition) is 0. The van der Waals surface area contributed by atoms with Gasteiger partial charge in [0, 0.05) is 27.9 Å². The van der Waals surface area contributed by atoms with Gasteiger partial charge in [-0.05, 0) is 0 Å². The molecular weight excluding hydrogens is 276 g/mol. The summed E-state index contributed by atoms with van der Waals surface area (Å²) in [7, 11) is 1.36. The first-order valence-corrected chi connectivity index (χ1v) is 6.01. The topological polar surface area (TPSA) is 97.4 Å². The summed E-state index contributed by atoms with van der Waals surface area (Å²) in [5.41, 5.74) is 0. The van der Waals surface area contributed by atoms with Crippen LogP contribution in [0.25, 0.3) is 0 Å². The van der Waals surface area contributed by atoms with Gasteiger partial charge in [-0.2, -0.15) is 0 Å². The van der Waals surface area contributed by atoms with E-state index < -0.39 is 42.5 Å². The van der Waals surface area contributed by atoms with E-state index in [1.54, 1.807) is 0 Å². The fourth-order valence-corrected chi connectivity index (χ4v) is 1.87. The van der Waals surface area contributed by atoms with Crippen LogP contribution in [0.4, 0.5) is 0 Å². The van der Waals surface area contributed by atoms with Crippen LogP contribution in [0.3, 0.4) is 0 Å². The number of esters is 3. The van der Waals surface area contributed by atoms with Crippen molar-refractivity contribution in [1.82, 2.24) is 0 Å². The van der Waals surface area contributed by atoms with Gasteiger partial charge in [0.25, 0.3) is 0 Å². The molecule has 1 rings (SSSR count). The van der Waals surface area contributed by atoms with E-state index in [-0.39, 0.29) is 6.61 Å². The predicted octanol–water partition coefficient (Wildman–Crippen LogP) is -0.216. The van der Waals surface area contributed by atoms with Crippen molar-refractivity contribution in [3.05, 3.63) is 0 Å². The highest BCUT2D eigenvalue weighted by atomic mass is 16.9. The molecule has 0 bridgehead atoms. The average molecular weight is 294 g/mol. The van der Waals surface area contributed by atoms with Gasteiger partial charge in [0.15, 0.2) is 18.5 Å². The molecule has 0 radical (unpaired) electrons. The number of carbonyl (C=O) groups excluding carboxylic acids is 3. The average Bonchev–Trinajstić information content (AvgIpc) is 2.63. The van der Waals surface area contributed by atoms with Crippen molar-refractivity contribution in [3.63, 3.8) is 0 Å². The second-order valence-electron chi connectivity index (χ2n) is 4.23. The number of hydrogen-bond acceptors (Lipinski definition) is 8. The van der Waals surface area contributed by atoms with E-state index in [9.17, 15) is 14.4 Å². The van der Waals surface area contributed by atoms with Gasteiger partial charge in [-0.1, -0.05) is 0 Å². The molecule has 8 nitrogen and oxygen atoms in total. The number of methoxy groups -OCH3 is 1. The third-order valence-corrected chi connectivity index (χ3v) is 2.55. The molecule has 0 aromatic rings. The molecule has 0 unspecified atom stereocenters. The summed E-state index contributed by atoms with van der Waals surface area (Å²) in [5.74, 6) is -1.63. The van der Waals surface area contributed by atoms with Crippen LogP contribution < -0.4 is 0 Å². The Morgan fingerprint density at radius 3 is 1.95 bits per heavy atom. The summed E-state index contributed by atoms with van der Waals surface area (Å²) >= 11 is 0. The van der Waals surface area contributed by atoms with E-state index in [1.165, 1.54) is 27.9 Å². The Morgan fingerprint density at radius 1 is 0.950 bits per heavy atom. The summed E-state index contributed by atoms with van der Waals surface area (Å²) < 4.78 is 25.5. The molecule has 0 aromatic carbocycles. The SMILES string of the molecule is CO[13C@H]1O[13C@@H](COC(C)=O)[13C@H](OC(C)=O)[13C@@H]1OC(C)=O. The van der Waals surface area contributed by atoms with Gasteiger partial charge in [0.2, 0.25) is 0 Å². The minimum absolute atomic E-state index is 0.134. The van der Waals surface area contributed by atoms with E-state index in [0.29, 0.717) is 0 Å². The van der Waals surface area contributed by atoms with E-state index in [1.807, 2.05) is 0 Å². The molecule has 0 amide bonds. The van der Waals surface area contributed by atoms with E-state index in [0.717, 1.165) is 0 Å². The first-order valence-electron chi connectivity index (χ1n) is 6.01. The fraction of sp³-hybridized carbons (Fsp3) is 0.750. The standard InChI is InChI=1S/C12H18O8/c1-6(13)17-5-9-10(18-7(2)14)11(19-8(3)15)12(16-4)20-9/h9-12H,5H2,1-4H3/t9-,10-,11-,12-/m0/s1/i9+1,10+1,11+1,12+1. The molecule has 4 atom stereocenters. The lowest BCUT2D eigenvalue weighted by atomic mass is 10.8. The molecule has 0 aliphatic carbocycles. The zero-order valence-corrected chi connectivity index (χ0v) is 11.8. The number of rotatable bonds is 5. The number of carbonyl (C=O) groups is 3. The maximum Gasteiger partial charge on any atom is 0.303 e. The van der Waals surface area contributed by atoms with Crippen LogP contribution in [0.15, 0.2) is 0 Å². The van der Waals surface area contributed by atoms with E-state index in [2.05, 4.69) is 0 Å². The van der Waals surface area contributed by atoms with Gasteiger partial charge in [-0.25, -0.2) is 0 Å². The van der Waals surface area contributed by atoms with Gasteiger partial charge < -0.3 is 23.7 Å². The monoisotopic (exact) mass is 294 g/mol. The zero-order chi connectivity index (χ0) is 15.3. The van der Waals surface area contributed by atoms with Crippen LogP contribution in [0, 0.1) is 0 Å². The van der Waals surface area contributed by atoms with Crippen LogP contribution >= 0.6 is 0 Å². The van der Waals surface area contributed by atoms with Crippen molar-refractivity contribution >= 4 is 17.9 Å². The Kier molecular flexibility index (Phi) is 5.90. The molecule has 1 fully saturated rings. The maximum atomic E-state index is 11.1. The lowest BCUT2D eigenvalue weighted by Crippen LogP contribution is -2.41. The molecule has 1 aliphatic rings. The summed E-state index contributed by atoms with van der Waals surface area (Å²) in [5, 5.41) is 0. The summed E-state index contributed by atoms with van der Waals surface area (Å²) in [6, 6.07) is 0. The largest absolute Gasteiger partial charge is 0.463 e. The van der Waals surface area contributed by atoms with E-state index >= 15 is 0 Å². The van der Waals surface area contributed by atoms with Crippen LogP contribution in [0.1, 0.15) is 20.8 Å². The minimum atomic E-state index is -0.915. The van der Waals surface area contributed by atoms with Gasteiger partial charge >= 0.3 is 17.9 Å². The quantitative estimate of drug-likeness (QED) is 0.390. The lowest BCUT2D eigenvalue weighted by Gasteiger charge is -2.22. The molecule has 0 saturated carbocycles. The van der Waals surface area contributed by atoms with Gasteiger partial charge in [-0.3, -0.25) is 14.4 Å². The van der Waals surface area contributed by atoms with Crippen LogP contribution in [0.2, 0.25) is 0 Å². The van der Waals surface area contributed by atoms with Gasteiger partial charge in [-0.15, -0.1) is 0 Å². The van der Waals surface area contributed by atoms with Crippen LogP contribution in [-0.2, 0) is 38.1 Å². The molecule has 0 aromatic heterocycles. The second kappa shape index (κ2) is 7.20. The lowest BCUT2D eigenvalue weighted by molar-refractivity contribution is -0.181. The summed E-state index contributed by atoms with van der Waals surface area (Å²) in [4.78, 5) is 33.1. The van der Waals surface area contributed by atoms with Crippen molar-refractivity contribution in [2.75, 3.05) is 13.7 Å². The van der Waals surface area contributed by atoms with Crippen molar-refractivity contribution < 1.29 is 38.1 Å². The smallest absolute Gasteiger partial charge is 0.303 e. The van der Waals surface area contributed by atoms with Crippen molar-refractivity contribution in [2.24, 2.45) is 0 Å². The van der Waals surface area contributed by atoms with E-state index in [4.69, 9.17) is 23.7 Å². The Bertz CT molecular complexity index is 380. The maximum absolute atomic E-state index is 11.1. The van der Waals surface area contributed by atoms with Crippen LogP contribution in [0.5, 0.6) is 0 Å². The normalized spacial score (nSPS) is 28.8. The Hall–Kier alpha value is -1.67. The van der Waals surface area contributed by atoms with Crippen LogP contribution in [-0.4, -0.2) is 56.2 Å². The molecular formula is C12H18O8. The Labute approximate surface area is 116 Å². The van der Waals surface area contributed by atoms with Crippen molar-refractivity contribution in [1.29, 1.82) is 0 Å². The molecule has 0 N–H and O–H groups in total. The molecule has 8 heteroatoms. The van der Waals surface area contributed by atoms with Gasteiger partial charge in [0.05, 0.1) is 0 Å². The number of ether oxygens (including phenoxy) is 5. The first-order chi connectivity index (χ1) is 9.35. The molecule has 1 saturated heterocycles. The predicted molar refractivity (Wildman–Crippen MR) is 63.4 cm³/mol. The second-order valence-corrected chi connectivity index (χ2v) is 4.23. The highest BCUT2D eigenvalue weighted by Crippen LogP contribution is 2.27. The molecule has 1 aliphatic heterocycles. The fourth-order valence-electron chi connectivity index (χ4n) is 1.87. The molecule has 20 heavy (non-hydrogen) atoms. The third-order valence-electron chi connectivity index (χ3n) is 2.55. The highest BCUT2D eigenvalue weighted by Gasteiger charge is 2.49. The molecule has 114 valence electrons. The first kappa shape index (κ1) is 16.4. The molecule has 1 heterocycles. The Morgan fingerprint density at radius 2 is 1.50 bits per heavy atom.